The number of rotatable bonds is 6. The number of anilines is 3. The monoisotopic (exact) mass is 679 g/mol. The molecule has 5 heterocycles. The number of aryl methyl sites for hydroxylation is 1. The van der Waals surface area contributed by atoms with E-state index >= 15 is 8.78 Å². The number of H-pyrrole nitrogens is 1. The van der Waals surface area contributed by atoms with Crippen molar-refractivity contribution in [2.75, 3.05) is 50.4 Å². The molecule has 2 aliphatic heterocycles. The number of halogens is 5. The largest absolute Gasteiger partial charge is 0.416 e. The Kier molecular flexibility index (Phi) is 8.48. The van der Waals surface area contributed by atoms with E-state index in [1.54, 1.807) is 30.2 Å². The van der Waals surface area contributed by atoms with E-state index in [1.807, 2.05) is 11.9 Å². The summed E-state index contributed by atoms with van der Waals surface area (Å²) in [5.74, 6) is -1.28. The Balaban J connectivity index is 1.08. The number of alkyl halides is 3. The maximum Gasteiger partial charge on any atom is 0.416 e. The van der Waals surface area contributed by atoms with Gasteiger partial charge in [0.15, 0.2) is 5.82 Å². The van der Waals surface area contributed by atoms with Gasteiger partial charge in [-0.2, -0.15) is 18.3 Å². The fraction of sp³-hybridized carbons (Fsp3) is 0.324. The minimum atomic E-state index is -4.60. The van der Waals surface area contributed by atoms with Crippen molar-refractivity contribution in [3.05, 3.63) is 88.9 Å². The topological polar surface area (TPSA) is 97.3 Å². The molecule has 1 fully saturated rings. The summed E-state index contributed by atoms with van der Waals surface area (Å²) in [6.45, 7) is 3.38. The number of piperazine rings is 1. The summed E-state index contributed by atoms with van der Waals surface area (Å²) in [6, 6.07) is 7.89. The molecule has 0 atom stereocenters. The van der Waals surface area contributed by atoms with Crippen LogP contribution < -0.4 is 10.6 Å². The van der Waals surface area contributed by atoms with Gasteiger partial charge in [-0.05, 0) is 60.5 Å². The fourth-order valence-corrected chi connectivity index (χ4v) is 6.38. The van der Waals surface area contributed by atoms with Crippen molar-refractivity contribution in [3.63, 3.8) is 0 Å². The number of carbonyl (C=O) groups excluding carboxylic acids is 1. The predicted octanol–water partition coefficient (Wildman–Crippen LogP) is 6.34. The molecule has 0 saturated carbocycles. The number of aromatic amines is 1. The van der Waals surface area contributed by atoms with E-state index in [2.05, 4.69) is 30.6 Å². The van der Waals surface area contributed by atoms with Crippen molar-refractivity contribution < 1.29 is 26.7 Å². The van der Waals surface area contributed by atoms with Crippen LogP contribution >= 0.6 is 0 Å². The van der Waals surface area contributed by atoms with Gasteiger partial charge in [0, 0.05) is 75.7 Å². The number of aromatic nitrogens is 4. The van der Waals surface area contributed by atoms with E-state index in [-0.39, 0.29) is 42.3 Å². The standard InChI is InChI=1S/C34H34F5N9O/c1-45-7-9-47(10-8-45)18-21-3-4-24(13-26(21)34(37,38)39)42-33(49)48-6-5-20-11-27(35)30(12-22(20)19-48)43-31-25-14-29(23-15-41-46(2)17-23)44-32(25)40-16-28(31)36/h3-4,11-17H,5-10,18-19H2,1-2H3,(H,42,49)(H2,40,43,44). The lowest BCUT2D eigenvalue weighted by Crippen LogP contribution is -2.44. The molecule has 3 N–H and O–H groups in total. The van der Waals surface area contributed by atoms with Gasteiger partial charge in [-0.1, -0.05) is 6.07 Å². The molecular formula is C34H34F5N9O. The summed E-state index contributed by atoms with van der Waals surface area (Å²) >= 11 is 0. The highest BCUT2D eigenvalue weighted by molar-refractivity contribution is 5.95. The maximum atomic E-state index is 15.3. The SMILES string of the molecule is CN1CCN(Cc2ccc(NC(=O)N3CCc4cc(F)c(Nc5c(F)cnc6[nH]c(-c7cnn(C)c7)cc56)cc4C3)cc2C(F)(F)F)CC1. The maximum absolute atomic E-state index is 15.3. The van der Waals surface area contributed by atoms with Crippen LogP contribution in [0, 0.1) is 11.6 Å². The van der Waals surface area contributed by atoms with E-state index in [9.17, 15) is 18.0 Å². The van der Waals surface area contributed by atoms with E-state index in [0.717, 1.165) is 30.9 Å². The van der Waals surface area contributed by atoms with E-state index in [1.165, 1.54) is 29.2 Å². The number of benzene rings is 2. The van der Waals surface area contributed by atoms with Crippen LogP contribution in [0.1, 0.15) is 22.3 Å². The second-order valence-electron chi connectivity index (χ2n) is 12.6. The Bertz CT molecular complexity index is 2030. The van der Waals surface area contributed by atoms with Gasteiger partial charge in [0.25, 0.3) is 0 Å². The van der Waals surface area contributed by atoms with Crippen LogP contribution in [0.2, 0.25) is 0 Å². The van der Waals surface area contributed by atoms with Crippen LogP contribution in [0.5, 0.6) is 0 Å². The number of pyridine rings is 1. The first kappa shape index (κ1) is 32.5. The lowest BCUT2D eigenvalue weighted by molar-refractivity contribution is -0.138. The summed E-state index contributed by atoms with van der Waals surface area (Å²) < 4.78 is 74.4. The van der Waals surface area contributed by atoms with E-state index in [0.29, 0.717) is 47.4 Å². The number of hydrogen-bond acceptors (Lipinski definition) is 6. The van der Waals surface area contributed by atoms with Crippen molar-refractivity contribution in [1.82, 2.24) is 34.4 Å². The van der Waals surface area contributed by atoms with Crippen molar-refractivity contribution >= 4 is 34.1 Å². The zero-order valence-electron chi connectivity index (χ0n) is 26.8. The molecule has 49 heavy (non-hydrogen) atoms. The Morgan fingerprint density at radius 3 is 2.49 bits per heavy atom. The van der Waals surface area contributed by atoms with Gasteiger partial charge in [-0.15, -0.1) is 0 Å². The average Bonchev–Trinajstić information content (AvgIpc) is 3.70. The predicted molar refractivity (Wildman–Crippen MR) is 175 cm³/mol. The lowest BCUT2D eigenvalue weighted by atomic mass is 9.98. The van der Waals surface area contributed by atoms with Crippen molar-refractivity contribution in [2.24, 2.45) is 7.05 Å². The normalized spacial score (nSPS) is 15.9. The van der Waals surface area contributed by atoms with Crippen molar-refractivity contribution in [2.45, 2.75) is 25.7 Å². The molecule has 7 rings (SSSR count). The average molecular weight is 680 g/mol. The van der Waals surface area contributed by atoms with Crippen LogP contribution in [-0.2, 0) is 32.7 Å². The van der Waals surface area contributed by atoms with Gasteiger partial charge in [-0.25, -0.2) is 18.6 Å². The summed E-state index contributed by atoms with van der Waals surface area (Å²) in [7, 11) is 3.76. The Hall–Kier alpha value is -5.02. The number of carbonyl (C=O) groups is 1. The molecule has 3 aromatic heterocycles. The van der Waals surface area contributed by atoms with Crippen LogP contribution in [0.3, 0.4) is 0 Å². The Morgan fingerprint density at radius 2 is 1.76 bits per heavy atom. The van der Waals surface area contributed by atoms with Gasteiger partial charge >= 0.3 is 12.2 Å². The second-order valence-corrected chi connectivity index (χ2v) is 12.6. The first-order valence-electron chi connectivity index (χ1n) is 15.8. The van der Waals surface area contributed by atoms with Crippen LogP contribution in [0.15, 0.2) is 55.0 Å². The van der Waals surface area contributed by atoms with Crippen LogP contribution in [-0.4, -0.2) is 80.3 Å². The highest BCUT2D eigenvalue weighted by Gasteiger charge is 2.34. The quantitative estimate of drug-likeness (QED) is 0.181. The third kappa shape index (κ3) is 6.81. The van der Waals surface area contributed by atoms with Gasteiger partial charge < -0.3 is 25.4 Å². The number of fused-ring (bicyclic) bond motifs is 2. The van der Waals surface area contributed by atoms with Gasteiger partial charge in [-0.3, -0.25) is 9.58 Å². The first-order chi connectivity index (χ1) is 23.4. The molecular weight excluding hydrogens is 645 g/mol. The number of nitrogens with zero attached hydrogens (tertiary/aromatic N) is 6. The molecule has 5 aromatic rings. The molecule has 0 spiro atoms. The number of urea groups is 1. The summed E-state index contributed by atoms with van der Waals surface area (Å²) in [6.07, 6.45) is 0.219. The van der Waals surface area contributed by atoms with Gasteiger partial charge in [0.05, 0.1) is 35.0 Å². The van der Waals surface area contributed by atoms with E-state index < -0.39 is 29.4 Å². The fourth-order valence-electron chi connectivity index (χ4n) is 6.38. The molecule has 0 bridgehead atoms. The second kappa shape index (κ2) is 12.8. The highest BCUT2D eigenvalue weighted by atomic mass is 19.4. The minimum Gasteiger partial charge on any atom is -0.350 e. The van der Waals surface area contributed by atoms with Gasteiger partial charge in [0.2, 0.25) is 0 Å². The van der Waals surface area contributed by atoms with Gasteiger partial charge in [0.1, 0.15) is 11.5 Å². The first-order valence-corrected chi connectivity index (χ1v) is 15.8. The van der Waals surface area contributed by atoms with E-state index in [4.69, 9.17) is 0 Å². The highest BCUT2D eigenvalue weighted by Crippen LogP contribution is 2.36. The number of hydrogen-bond donors (Lipinski definition) is 3. The molecule has 1 saturated heterocycles. The summed E-state index contributed by atoms with van der Waals surface area (Å²) in [5.41, 5.74) is 2.54. The number of nitrogens with one attached hydrogen (secondary N) is 3. The molecule has 0 radical (unpaired) electrons. The Labute approximate surface area is 278 Å². The molecule has 0 aliphatic carbocycles. The van der Waals surface area contributed by atoms with Crippen LogP contribution in [0.4, 0.5) is 43.8 Å². The molecule has 0 unspecified atom stereocenters. The smallest absolute Gasteiger partial charge is 0.350 e. The number of likely N-dealkylation sites (N-methyl/N-ethyl adjacent to an activating group) is 1. The van der Waals surface area contributed by atoms with Crippen LogP contribution in [0.25, 0.3) is 22.3 Å². The summed E-state index contributed by atoms with van der Waals surface area (Å²) in [5, 5.41) is 10.1. The third-order valence-corrected chi connectivity index (χ3v) is 9.13. The number of amides is 2. The molecule has 2 amide bonds. The van der Waals surface area contributed by atoms with Crippen molar-refractivity contribution in [3.8, 4) is 11.3 Å². The molecule has 2 aromatic carbocycles. The zero-order chi connectivity index (χ0) is 34.4. The third-order valence-electron chi connectivity index (χ3n) is 9.13. The molecule has 15 heteroatoms. The lowest BCUT2D eigenvalue weighted by Gasteiger charge is -2.33. The molecule has 10 nitrogen and oxygen atoms in total. The summed E-state index contributed by atoms with van der Waals surface area (Å²) in [4.78, 5) is 26.1. The molecule has 2 aliphatic rings. The van der Waals surface area contributed by atoms with Crippen molar-refractivity contribution in [1.29, 1.82) is 0 Å². The Morgan fingerprint density at radius 1 is 0.959 bits per heavy atom. The zero-order valence-corrected chi connectivity index (χ0v) is 26.8. The molecule has 256 valence electrons. The minimum absolute atomic E-state index is 0.00212.